The predicted molar refractivity (Wildman–Crippen MR) is 146 cm³/mol. The number of hydrogen-bond donors (Lipinski definition) is 3. The molecule has 1 aromatic carbocycles. The smallest absolute Gasteiger partial charge is 0.256 e. The van der Waals surface area contributed by atoms with E-state index in [1.165, 1.54) is 18.0 Å². The van der Waals surface area contributed by atoms with Crippen LogP contribution in [-0.2, 0) is 0 Å². The molecule has 0 atom stereocenters. The van der Waals surface area contributed by atoms with Gasteiger partial charge in [-0.15, -0.1) is 0 Å². The van der Waals surface area contributed by atoms with Crippen LogP contribution in [0.25, 0.3) is 0 Å². The van der Waals surface area contributed by atoms with Gasteiger partial charge in [-0.05, 0) is 64.1 Å². The van der Waals surface area contributed by atoms with Crippen molar-refractivity contribution < 1.29 is 4.79 Å². The number of benzene rings is 1. The van der Waals surface area contributed by atoms with E-state index in [2.05, 4.69) is 54.9 Å². The molecule has 1 aliphatic heterocycles. The molecule has 2 aliphatic rings. The average molecular weight is 503 g/mol. The van der Waals surface area contributed by atoms with Gasteiger partial charge in [0.25, 0.3) is 11.5 Å². The molecule has 37 heavy (non-hydrogen) atoms. The summed E-state index contributed by atoms with van der Waals surface area (Å²) in [6.07, 6.45) is 5.24. The third-order valence-corrected chi connectivity index (χ3v) is 6.70. The van der Waals surface area contributed by atoms with Crippen molar-refractivity contribution in [1.29, 1.82) is 0 Å². The molecule has 1 aliphatic carbocycles. The standard InChI is InChI=1S/C27H34N8O2/c1-18(2)35-17-21(8-11-24(35)36)29-25-23(26(37)30-19-4-5-19)16-28-27(32-25)31-20-6-9-22(10-7-20)34-14-12-33(3)13-15-34/h6-11,16-19H,4-5,12-15H2,1-3H3,(H,30,37)(H2,28,29,31,32). The van der Waals surface area contributed by atoms with Crippen LogP contribution >= 0.6 is 0 Å². The van der Waals surface area contributed by atoms with Gasteiger partial charge in [0, 0.05) is 68.1 Å². The molecule has 0 radical (unpaired) electrons. The number of nitrogens with zero attached hydrogens (tertiary/aromatic N) is 5. The Morgan fingerprint density at radius 1 is 0.973 bits per heavy atom. The number of rotatable bonds is 8. The quantitative estimate of drug-likeness (QED) is 0.431. The van der Waals surface area contributed by atoms with Crippen molar-refractivity contribution in [2.45, 2.75) is 38.8 Å². The van der Waals surface area contributed by atoms with Crippen LogP contribution in [0.15, 0.2) is 53.6 Å². The normalized spacial score (nSPS) is 16.1. The minimum absolute atomic E-state index is 0.00308. The largest absolute Gasteiger partial charge is 0.369 e. The summed E-state index contributed by atoms with van der Waals surface area (Å²) in [7, 11) is 2.15. The summed E-state index contributed by atoms with van der Waals surface area (Å²) in [5.41, 5.74) is 2.97. The molecule has 1 saturated heterocycles. The number of anilines is 5. The third kappa shape index (κ3) is 6.08. The number of likely N-dealkylation sites (N-methyl/N-ethyl adjacent to an activating group) is 1. The lowest BCUT2D eigenvalue weighted by atomic mass is 10.2. The highest BCUT2D eigenvalue weighted by atomic mass is 16.2. The Bertz CT molecular complexity index is 1310. The lowest BCUT2D eigenvalue weighted by molar-refractivity contribution is 0.0951. The van der Waals surface area contributed by atoms with Gasteiger partial charge in [-0.3, -0.25) is 9.59 Å². The van der Waals surface area contributed by atoms with E-state index in [1.807, 2.05) is 26.0 Å². The summed E-state index contributed by atoms with van der Waals surface area (Å²) in [4.78, 5) is 38.9. The summed E-state index contributed by atoms with van der Waals surface area (Å²) in [6, 6.07) is 11.6. The Morgan fingerprint density at radius 2 is 1.68 bits per heavy atom. The summed E-state index contributed by atoms with van der Waals surface area (Å²) in [6.45, 7) is 8.02. The number of pyridine rings is 1. The molecule has 3 heterocycles. The second-order valence-electron chi connectivity index (χ2n) is 10.0. The van der Waals surface area contributed by atoms with Crippen molar-refractivity contribution in [3.05, 3.63) is 64.7 Å². The monoisotopic (exact) mass is 502 g/mol. The SMILES string of the molecule is CC(C)n1cc(Nc2nc(Nc3ccc(N4CCN(C)CC4)cc3)ncc2C(=O)NC2CC2)ccc1=O. The summed E-state index contributed by atoms with van der Waals surface area (Å²) < 4.78 is 1.63. The van der Waals surface area contributed by atoms with E-state index in [0.717, 1.165) is 44.7 Å². The first-order valence-electron chi connectivity index (χ1n) is 12.8. The van der Waals surface area contributed by atoms with Gasteiger partial charge in [-0.2, -0.15) is 4.98 Å². The van der Waals surface area contributed by atoms with E-state index >= 15 is 0 Å². The molecular formula is C27H34N8O2. The van der Waals surface area contributed by atoms with Crippen molar-refractivity contribution in [3.63, 3.8) is 0 Å². The lowest BCUT2D eigenvalue weighted by Gasteiger charge is -2.34. The van der Waals surface area contributed by atoms with E-state index < -0.39 is 0 Å². The highest BCUT2D eigenvalue weighted by molar-refractivity contribution is 5.99. The van der Waals surface area contributed by atoms with Crippen molar-refractivity contribution in [1.82, 2.24) is 24.8 Å². The first kappa shape index (κ1) is 24.8. The van der Waals surface area contributed by atoms with Gasteiger partial charge >= 0.3 is 0 Å². The van der Waals surface area contributed by atoms with Crippen molar-refractivity contribution in [2.24, 2.45) is 0 Å². The van der Waals surface area contributed by atoms with Crippen LogP contribution in [0.2, 0.25) is 0 Å². The fourth-order valence-corrected chi connectivity index (χ4v) is 4.26. The van der Waals surface area contributed by atoms with Crippen LogP contribution in [0.4, 0.5) is 28.8 Å². The van der Waals surface area contributed by atoms with E-state index in [1.54, 1.807) is 16.8 Å². The van der Waals surface area contributed by atoms with Gasteiger partial charge in [0.05, 0.1) is 5.69 Å². The Morgan fingerprint density at radius 3 is 2.35 bits per heavy atom. The van der Waals surface area contributed by atoms with E-state index in [-0.39, 0.29) is 23.6 Å². The molecule has 10 nitrogen and oxygen atoms in total. The van der Waals surface area contributed by atoms with Gasteiger partial charge < -0.3 is 30.3 Å². The summed E-state index contributed by atoms with van der Waals surface area (Å²) >= 11 is 0. The molecule has 2 fully saturated rings. The molecule has 10 heteroatoms. The van der Waals surface area contributed by atoms with E-state index in [4.69, 9.17) is 0 Å². The second kappa shape index (κ2) is 10.6. The van der Waals surface area contributed by atoms with E-state index in [9.17, 15) is 9.59 Å². The van der Waals surface area contributed by atoms with Crippen molar-refractivity contribution in [2.75, 3.05) is 48.8 Å². The Labute approximate surface area is 216 Å². The molecule has 2 aromatic heterocycles. The van der Waals surface area contributed by atoms with Gasteiger partial charge in [0.15, 0.2) is 0 Å². The highest BCUT2D eigenvalue weighted by Gasteiger charge is 2.26. The molecule has 3 N–H and O–H groups in total. The van der Waals surface area contributed by atoms with Gasteiger partial charge in [0.2, 0.25) is 5.95 Å². The third-order valence-electron chi connectivity index (χ3n) is 6.70. The lowest BCUT2D eigenvalue weighted by Crippen LogP contribution is -2.44. The first-order chi connectivity index (χ1) is 17.9. The molecule has 0 unspecified atom stereocenters. The van der Waals surface area contributed by atoms with Crippen LogP contribution in [0.5, 0.6) is 0 Å². The fraction of sp³-hybridized carbons (Fsp3) is 0.407. The minimum atomic E-state index is -0.217. The number of hydrogen-bond acceptors (Lipinski definition) is 8. The van der Waals surface area contributed by atoms with Crippen LogP contribution in [-0.4, -0.2) is 64.6 Å². The van der Waals surface area contributed by atoms with Crippen LogP contribution in [0, 0.1) is 0 Å². The number of carbonyl (C=O) groups is 1. The van der Waals surface area contributed by atoms with Crippen molar-refractivity contribution in [3.8, 4) is 0 Å². The molecule has 1 saturated carbocycles. The molecule has 3 aromatic rings. The van der Waals surface area contributed by atoms with Gasteiger partial charge in [0.1, 0.15) is 11.4 Å². The topological polar surface area (TPSA) is 107 Å². The van der Waals surface area contributed by atoms with Crippen LogP contribution in [0.3, 0.4) is 0 Å². The minimum Gasteiger partial charge on any atom is -0.369 e. The summed E-state index contributed by atoms with van der Waals surface area (Å²) in [5.74, 6) is 0.527. The van der Waals surface area contributed by atoms with Crippen LogP contribution < -0.4 is 26.4 Å². The number of carbonyl (C=O) groups excluding carboxylic acids is 1. The Kier molecular flexibility index (Phi) is 7.09. The number of nitrogens with one attached hydrogen (secondary N) is 3. The maximum Gasteiger partial charge on any atom is 0.256 e. The number of amides is 1. The molecule has 5 rings (SSSR count). The molecule has 1 amide bonds. The van der Waals surface area contributed by atoms with Gasteiger partial charge in [-0.1, -0.05) is 0 Å². The summed E-state index contributed by atoms with van der Waals surface area (Å²) in [5, 5.41) is 9.48. The molecule has 0 spiro atoms. The number of piperazine rings is 1. The predicted octanol–water partition coefficient (Wildman–Crippen LogP) is 3.35. The maximum absolute atomic E-state index is 12.9. The Balaban J connectivity index is 1.37. The fourth-order valence-electron chi connectivity index (χ4n) is 4.26. The Hall–Kier alpha value is -3.92. The zero-order valence-corrected chi connectivity index (χ0v) is 21.6. The molecule has 194 valence electrons. The average Bonchev–Trinajstić information content (AvgIpc) is 3.70. The molecule has 0 bridgehead atoms. The zero-order chi connectivity index (χ0) is 25.9. The maximum atomic E-state index is 12.9. The highest BCUT2D eigenvalue weighted by Crippen LogP contribution is 2.25. The molecular weight excluding hydrogens is 468 g/mol. The zero-order valence-electron chi connectivity index (χ0n) is 21.6. The van der Waals surface area contributed by atoms with Crippen LogP contribution in [0.1, 0.15) is 43.1 Å². The second-order valence-corrected chi connectivity index (χ2v) is 10.0. The van der Waals surface area contributed by atoms with Crippen molar-refractivity contribution >= 4 is 34.7 Å². The van der Waals surface area contributed by atoms with Gasteiger partial charge in [-0.25, -0.2) is 4.98 Å². The number of aromatic nitrogens is 3. The first-order valence-corrected chi connectivity index (χ1v) is 12.8. The van der Waals surface area contributed by atoms with E-state index in [0.29, 0.717) is 23.0 Å².